The Morgan fingerprint density at radius 2 is 0.708 bits per heavy atom. The van der Waals surface area contributed by atoms with Gasteiger partial charge >= 0.3 is 0 Å². The molecule has 0 aliphatic carbocycles. The summed E-state index contributed by atoms with van der Waals surface area (Å²) in [6.45, 7) is 10.5. The zero-order chi connectivity index (χ0) is 17.4. The van der Waals surface area contributed by atoms with Gasteiger partial charge in [-0.15, -0.1) is 6.58 Å². The van der Waals surface area contributed by atoms with E-state index in [0.717, 1.165) is 0 Å². The van der Waals surface area contributed by atoms with Gasteiger partial charge in [0.25, 0.3) is 0 Å². The van der Waals surface area contributed by atoms with Crippen molar-refractivity contribution in [2.45, 2.75) is 144 Å². The predicted octanol–water partition coefficient (Wildman–Crippen LogP) is 9.88. The van der Waals surface area contributed by atoms with Gasteiger partial charge in [-0.25, -0.2) is 0 Å². The molecule has 0 aliphatic heterocycles. The Bertz CT molecular complexity index is 174. The number of allylic oxidation sites excluding steroid dienone is 1. The molecule has 24 heavy (non-hydrogen) atoms. The van der Waals surface area contributed by atoms with Gasteiger partial charge < -0.3 is 0 Å². The van der Waals surface area contributed by atoms with Crippen LogP contribution in [-0.4, -0.2) is 0 Å². The van der Waals surface area contributed by atoms with Crippen LogP contribution < -0.4 is 0 Å². The first-order valence-electron chi connectivity index (χ1n) is 10.9. The average Bonchev–Trinajstić information content (AvgIpc) is 2.57. The highest BCUT2D eigenvalue weighted by Gasteiger charge is 1.90. The SMILES string of the molecule is C.C=CCCCCCCCCCC.CCCCCCCCCCC. The van der Waals surface area contributed by atoms with Crippen LogP contribution in [0.15, 0.2) is 12.7 Å². The fourth-order valence-corrected chi connectivity index (χ4v) is 2.81. The van der Waals surface area contributed by atoms with E-state index in [9.17, 15) is 0 Å². The van der Waals surface area contributed by atoms with E-state index < -0.39 is 0 Å². The lowest BCUT2D eigenvalue weighted by Crippen LogP contribution is -1.79. The topological polar surface area (TPSA) is 0 Å². The highest BCUT2D eigenvalue weighted by atomic mass is 14.0. The van der Waals surface area contributed by atoms with Crippen molar-refractivity contribution in [1.29, 1.82) is 0 Å². The smallest absolute Gasteiger partial charge is 0.0353 e. The molecular weight excluding hydrogens is 288 g/mol. The monoisotopic (exact) mass is 340 g/mol. The van der Waals surface area contributed by atoms with E-state index in [4.69, 9.17) is 0 Å². The van der Waals surface area contributed by atoms with Gasteiger partial charge in [-0.1, -0.05) is 137 Å². The van der Waals surface area contributed by atoms with Crippen molar-refractivity contribution < 1.29 is 0 Å². The van der Waals surface area contributed by atoms with Crippen LogP contribution in [0.4, 0.5) is 0 Å². The van der Waals surface area contributed by atoms with Gasteiger partial charge in [0, 0.05) is 0 Å². The van der Waals surface area contributed by atoms with Crippen LogP contribution in [0.1, 0.15) is 144 Å². The van der Waals surface area contributed by atoms with Crippen molar-refractivity contribution in [2.24, 2.45) is 0 Å². The Balaban J connectivity index is -0.000000354. The zero-order valence-electron chi connectivity index (χ0n) is 17.0. The summed E-state index contributed by atoms with van der Waals surface area (Å²) in [6, 6.07) is 0. The Hall–Kier alpha value is -0.260. The van der Waals surface area contributed by atoms with Crippen molar-refractivity contribution in [2.75, 3.05) is 0 Å². The van der Waals surface area contributed by atoms with Crippen molar-refractivity contribution >= 4 is 0 Å². The van der Waals surface area contributed by atoms with Crippen molar-refractivity contribution in [3.8, 4) is 0 Å². The molecule has 0 radical (unpaired) electrons. The molecule has 0 aromatic heterocycles. The lowest BCUT2D eigenvalue weighted by atomic mass is 10.1. The van der Waals surface area contributed by atoms with Crippen molar-refractivity contribution in [3.05, 3.63) is 12.7 Å². The third kappa shape index (κ3) is 33.4. The molecule has 0 saturated heterocycles. The second-order valence-corrected chi connectivity index (χ2v) is 7.03. The molecule has 0 aromatic carbocycles. The minimum absolute atomic E-state index is 0. The Labute approximate surface area is 156 Å². The molecule has 0 fully saturated rings. The molecule has 0 nitrogen and oxygen atoms in total. The second-order valence-electron chi connectivity index (χ2n) is 7.03. The van der Waals surface area contributed by atoms with Gasteiger partial charge in [0.15, 0.2) is 0 Å². The van der Waals surface area contributed by atoms with Crippen LogP contribution in [0, 0.1) is 0 Å². The quantitative estimate of drug-likeness (QED) is 0.182. The summed E-state index contributed by atoms with van der Waals surface area (Å²) in [5, 5.41) is 0. The molecule has 0 saturated carbocycles. The summed E-state index contributed by atoms with van der Waals surface area (Å²) in [7, 11) is 0. The Morgan fingerprint density at radius 1 is 0.458 bits per heavy atom. The first-order chi connectivity index (χ1) is 11.3. The van der Waals surface area contributed by atoms with E-state index in [1.807, 2.05) is 6.08 Å². The molecule has 0 unspecified atom stereocenters. The Kier molecular flexibility index (Phi) is 36.4. The molecule has 0 rings (SSSR count). The summed E-state index contributed by atoms with van der Waals surface area (Å²) in [5.41, 5.74) is 0. The molecule has 0 heteroatoms. The van der Waals surface area contributed by atoms with Gasteiger partial charge in [0.1, 0.15) is 0 Å². The van der Waals surface area contributed by atoms with E-state index >= 15 is 0 Å². The average molecular weight is 341 g/mol. The van der Waals surface area contributed by atoms with Gasteiger partial charge in [0.2, 0.25) is 0 Å². The van der Waals surface area contributed by atoms with Crippen molar-refractivity contribution in [3.63, 3.8) is 0 Å². The maximum atomic E-state index is 3.72. The van der Waals surface area contributed by atoms with Crippen LogP contribution in [-0.2, 0) is 0 Å². The van der Waals surface area contributed by atoms with E-state index in [2.05, 4.69) is 27.4 Å². The number of hydrogen-bond acceptors (Lipinski definition) is 0. The third-order valence-electron chi connectivity index (χ3n) is 4.47. The van der Waals surface area contributed by atoms with Crippen molar-refractivity contribution in [1.82, 2.24) is 0 Å². The predicted molar refractivity (Wildman–Crippen MR) is 117 cm³/mol. The lowest BCUT2D eigenvalue weighted by Gasteiger charge is -1.99. The minimum atomic E-state index is 0. The van der Waals surface area contributed by atoms with E-state index in [-0.39, 0.29) is 7.43 Å². The van der Waals surface area contributed by atoms with Crippen LogP contribution in [0.25, 0.3) is 0 Å². The fourth-order valence-electron chi connectivity index (χ4n) is 2.81. The summed E-state index contributed by atoms with van der Waals surface area (Å²) < 4.78 is 0. The molecule has 0 amide bonds. The van der Waals surface area contributed by atoms with Crippen LogP contribution in [0.2, 0.25) is 0 Å². The first kappa shape index (κ1) is 28.5. The number of rotatable bonds is 17. The Morgan fingerprint density at radius 3 is 0.958 bits per heavy atom. The maximum Gasteiger partial charge on any atom is -0.0353 e. The molecule has 0 heterocycles. The summed E-state index contributed by atoms with van der Waals surface area (Å²) >= 11 is 0. The molecular formula is C24H52. The molecule has 0 atom stereocenters. The first-order valence-corrected chi connectivity index (χ1v) is 10.9. The van der Waals surface area contributed by atoms with Crippen LogP contribution in [0.3, 0.4) is 0 Å². The zero-order valence-corrected chi connectivity index (χ0v) is 17.0. The van der Waals surface area contributed by atoms with Gasteiger partial charge in [0.05, 0.1) is 0 Å². The highest BCUT2D eigenvalue weighted by Crippen LogP contribution is 2.09. The summed E-state index contributed by atoms with van der Waals surface area (Å²) in [5.74, 6) is 0. The summed E-state index contributed by atoms with van der Waals surface area (Å²) in [6.07, 6.45) is 27.5. The van der Waals surface area contributed by atoms with E-state index in [1.165, 1.54) is 116 Å². The van der Waals surface area contributed by atoms with Crippen LogP contribution >= 0.6 is 0 Å². The molecule has 148 valence electrons. The summed E-state index contributed by atoms with van der Waals surface area (Å²) in [4.78, 5) is 0. The van der Waals surface area contributed by atoms with Gasteiger partial charge in [-0.2, -0.15) is 0 Å². The fraction of sp³-hybridized carbons (Fsp3) is 0.917. The standard InChI is InChI=1S/C12H24.C11H24.CH4/c1-3-5-7-9-11-12-10-8-6-4-2;1-3-5-7-9-11-10-8-6-4-2;/h3H,1,4-12H2,2H3;3-11H2,1-2H3;1H4. The third-order valence-corrected chi connectivity index (χ3v) is 4.47. The highest BCUT2D eigenvalue weighted by molar-refractivity contribution is 4.65. The lowest BCUT2D eigenvalue weighted by molar-refractivity contribution is 0.572. The largest absolute Gasteiger partial charge is 0.103 e. The van der Waals surface area contributed by atoms with Gasteiger partial charge in [-0.3, -0.25) is 0 Å². The molecule has 0 aromatic rings. The number of unbranched alkanes of at least 4 members (excludes halogenated alkanes) is 16. The van der Waals surface area contributed by atoms with E-state index in [1.54, 1.807) is 0 Å². The number of hydrogen-bond donors (Lipinski definition) is 0. The maximum absolute atomic E-state index is 3.72. The molecule has 0 spiro atoms. The molecule has 0 bridgehead atoms. The van der Waals surface area contributed by atoms with Crippen LogP contribution in [0.5, 0.6) is 0 Å². The minimum Gasteiger partial charge on any atom is -0.103 e. The normalized spacial score (nSPS) is 9.79. The molecule has 0 aliphatic rings. The molecule has 0 N–H and O–H groups in total. The van der Waals surface area contributed by atoms with Gasteiger partial charge in [-0.05, 0) is 12.8 Å². The second kappa shape index (κ2) is 30.6. The van der Waals surface area contributed by atoms with E-state index in [0.29, 0.717) is 0 Å².